The number of ether oxygens (including phenoxy) is 3. The Kier molecular flexibility index (Phi) is 6.18. The minimum atomic E-state index is -0.584. The van der Waals surface area contributed by atoms with Crippen LogP contribution in [0.1, 0.15) is 41.1 Å². The maximum absolute atomic E-state index is 12.8. The zero-order chi connectivity index (χ0) is 20.1. The van der Waals surface area contributed by atoms with Crippen LogP contribution in [0.2, 0.25) is 0 Å². The number of aromatic nitrogens is 1. The summed E-state index contributed by atoms with van der Waals surface area (Å²) in [4.78, 5) is 26.3. The predicted octanol–water partition coefficient (Wildman–Crippen LogP) is 2.74. The van der Waals surface area contributed by atoms with Gasteiger partial charge in [-0.2, -0.15) is 0 Å². The first kappa shape index (κ1) is 19.7. The third-order valence-corrected chi connectivity index (χ3v) is 4.70. The average molecular weight is 388 g/mol. The topological polar surface area (TPSA) is 91.1 Å². The van der Waals surface area contributed by atoms with Crippen LogP contribution in [0.3, 0.4) is 0 Å². The number of carbonyl (C=O) groups excluding carboxylic acids is 2. The van der Waals surface area contributed by atoms with E-state index in [2.05, 4.69) is 5.16 Å². The van der Waals surface area contributed by atoms with Crippen molar-refractivity contribution in [2.75, 3.05) is 20.8 Å². The molecule has 3 rings (SSSR count). The van der Waals surface area contributed by atoms with Gasteiger partial charge in [0, 0.05) is 12.6 Å². The molecule has 0 aliphatic carbocycles. The van der Waals surface area contributed by atoms with Crippen molar-refractivity contribution in [3.63, 3.8) is 0 Å². The summed E-state index contributed by atoms with van der Waals surface area (Å²) in [6.07, 6.45) is 2.29. The van der Waals surface area contributed by atoms with Gasteiger partial charge in [0.1, 0.15) is 12.6 Å². The van der Waals surface area contributed by atoms with E-state index in [0.29, 0.717) is 30.2 Å². The van der Waals surface area contributed by atoms with Gasteiger partial charge in [0.05, 0.1) is 14.2 Å². The number of piperidine rings is 1. The van der Waals surface area contributed by atoms with E-state index >= 15 is 0 Å². The Hall–Kier alpha value is -3.03. The molecule has 8 heteroatoms. The Morgan fingerprint density at radius 1 is 1.21 bits per heavy atom. The highest BCUT2D eigenvalue weighted by Crippen LogP contribution is 2.28. The molecule has 1 amide bonds. The molecule has 28 heavy (non-hydrogen) atoms. The SMILES string of the molecule is COC(=O)[C@H]1CCCCN1C(=O)c1cc(COc2ccc(C)cc2OC)on1. The van der Waals surface area contributed by atoms with Gasteiger partial charge in [-0.3, -0.25) is 4.79 Å². The number of benzene rings is 1. The van der Waals surface area contributed by atoms with Crippen LogP contribution in [-0.4, -0.2) is 48.7 Å². The fraction of sp³-hybridized carbons (Fsp3) is 0.450. The van der Waals surface area contributed by atoms with Crippen LogP contribution in [0.25, 0.3) is 0 Å². The number of rotatable bonds is 6. The molecule has 1 fully saturated rings. The Labute approximate surface area is 163 Å². The fourth-order valence-electron chi connectivity index (χ4n) is 3.23. The van der Waals surface area contributed by atoms with Gasteiger partial charge in [0.15, 0.2) is 23.0 Å². The van der Waals surface area contributed by atoms with E-state index in [4.69, 9.17) is 18.7 Å². The van der Waals surface area contributed by atoms with Crippen molar-refractivity contribution in [1.82, 2.24) is 10.1 Å². The quantitative estimate of drug-likeness (QED) is 0.703. The fourth-order valence-corrected chi connectivity index (χ4v) is 3.23. The number of amides is 1. The summed E-state index contributed by atoms with van der Waals surface area (Å²) in [5, 5.41) is 3.85. The van der Waals surface area contributed by atoms with Crippen LogP contribution in [0.4, 0.5) is 0 Å². The van der Waals surface area contributed by atoms with Gasteiger partial charge in [0.2, 0.25) is 0 Å². The van der Waals surface area contributed by atoms with Gasteiger partial charge in [-0.05, 0) is 43.9 Å². The zero-order valence-corrected chi connectivity index (χ0v) is 16.3. The molecular weight excluding hydrogens is 364 g/mol. The molecule has 0 spiro atoms. The second-order valence-corrected chi connectivity index (χ2v) is 6.65. The molecular formula is C20H24N2O6. The molecule has 0 N–H and O–H groups in total. The van der Waals surface area contributed by atoms with Crippen molar-refractivity contribution in [2.24, 2.45) is 0 Å². The number of hydrogen-bond acceptors (Lipinski definition) is 7. The third-order valence-electron chi connectivity index (χ3n) is 4.70. The van der Waals surface area contributed by atoms with Crippen LogP contribution in [-0.2, 0) is 16.1 Å². The lowest BCUT2D eigenvalue weighted by Crippen LogP contribution is -2.48. The second kappa shape index (κ2) is 8.77. The maximum atomic E-state index is 12.8. The van der Waals surface area contributed by atoms with Crippen LogP contribution in [0, 0.1) is 6.92 Å². The lowest BCUT2D eigenvalue weighted by molar-refractivity contribution is -0.147. The largest absolute Gasteiger partial charge is 0.493 e. The molecule has 0 bridgehead atoms. The molecule has 1 saturated heterocycles. The number of hydrogen-bond donors (Lipinski definition) is 0. The van der Waals surface area contributed by atoms with Gasteiger partial charge in [-0.1, -0.05) is 11.2 Å². The molecule has 0 saturated carbocycles. The third kappa shape index (κ3) is 4.27. The van der Waals surface area contributed by atoms with Gasteiger partial charge >= 0.3 is 5.97 Å². The van der Waals surface area contributed by atoms with E-state index in [0.717, 1.165) is 18.4 Å². The van der Waals surface area contributed by atoms with Crippen molar-refractivity contribution in [3.8, 4) is 11.5 Å². The summed E-state index contributed by atoms with van der Waals surface area (Å²) in [5.41, 5.74) is 1.20. The number of methoxy groups -OCH3 is 2. The summed E-state index contributed by atoms with van der Waals surface area (Å²) in [5.74, 6) is 0.825. The molecule has 1 atom stereocenters. The Morgan fingerprint density at radius 2 is 2.04 bits per heavy atom. The van der Waals surface area contributed by atoms with E-state index < -0.39 is 12.0 Å². The molecule has 8 nitrogen and oxygen atoms in total. The van der Waals surface area contributed by atoms with E-state index in [9.17, 15) is 9.59 Å². The Balaban J connectivity index is 1.68. The molecule has 1 aromatic heterocycles. The van der Waals surface area contributed by atoms with Crippen molar-refractivity contribution >= 4 is 11.9 Å². The van der Waals surface area contributed by atoms with Crippen molar-refractivity contribution in [1.29, 1.82) is 0 Å². The molecule has 0 radical (unpaired) electrons. The smallest absolute Gasteiger partial charge is 0.328 e. The van der Waals surface area contributed by atoms with Crippen molar-refractivity contribution < 1.29 is 28.3 Å². The maximum Gasteiger partial charge on any atom is 0.328 e. The highest BCUT2D eigenvalue weighted by Gasteiger charge is 2.34. The first-order chi connectivity index (χ1) is 13.5. The lowest BCUT2D eigenvalue weighted by Gasteiger charge is -2.33. The van der Waals surface area contributed by atoms with Crippen LogP contribution >= 0.6 is 0 Å². The minimum absolute atomic E-state index is 0.0974. The highest BCUT2D eigenvalue weighted by molar-refractivity contribution is 5.95. The standard InChI is InChI=1S/C20H24N2O6/c1-13-7-8-17(18(10-13)25-2)27-12-14-11-15(21-28-14)19(23)22-9-5-4-6-16(22)20(24)26-3/h7-8,10-11,16H,4-6,9,12H2,1-3H3/t16-/m1/s1. The minimum Gasteiger partial charge on any atom is -0.493 e. The monoisotopic (exact) mass is 388 g/mol. The zero-order valence-electron chi connectivity index (χ0n) is 16.3. The van der Waals surface area contributed by atoms with Crippen LogP contribution in [0.15, 0.2) is 28.8 Å². The molecule has 1 aromatic carbocycles. The number of esters is 1. The van der Waals surface area contributed by atoms with Gasteiger partial charge < -0.3 is 23.6 Å². The van der Waals surface area contributed by atoms with E-state index in [1.54, 1.807) is 7.11 Å². The van der Waals surface area contributed by atoms with Crippen LogP contribution < -0.4 is 9.47 Å². The summed E-state index contributed by atoms with van der Waals surface area (Å²) >= 11 is 0. The Morgan fingerprint density at radius 3 is 2.79 bits per heavy atom. The van der Waals surface area contributed by atoms with Gasteiger partial charge in [-0.15, -0.1) is 0 Å². The summed E-state index contributed by atoms with van der Waals surface area (Å²) in [7, 11) is 2.90. The van der Waals surface area contributed by atoms with Gasteiger partial charge in [0.25, 0.3) is 5.91 Å². The van der Waals surface area contributed by atoms with Crippen LogP contribution in [0.5, 0.6) is 11.5 Å². The number of likely N-dealkylation sites (tertiary alicyclic amines) is 1. The molecule has 2 aromatic rings. The molecule has 1 aliphatic heterocycles. The molecule has 0 unspecified atom stereocenters. The Bertz CT molecular complexity index is 847. The lowest BCUT2D eigenvalue weighted by atomic mass is 10.0. The first-order valence-corrected chi connectivity index (χ1v) is 9.15. The van der Waals surface area contributed by atoms with E-state index in [1.165, 1.54) is 18.1 Å². The van der Waals surface area contributed by atoms with E-state index in [1.807, 2.05) is 25.1 Å². The van der Waals surface area contributed by atoms with E-state index in [-0.39, 0.29) is 18.2 Å². The second-order valence-electron chi connectivity index (χ2n) is 6.65. The number of nitrogens with zero attached hydrogens (tertiary/aromatic N) is 2. The molecule has 2 heterocycles. The summed E-state index contributed by atoms with van der Waals surface area (Å²) < 4.78 is 21.1. The number of aryl methyl sites for hydroxylation is 1. The van der Waals surface area contributed by atoms with Crippen molar-refractivity contribution in [3.05, 3.63) is 41.3 Å². The molecule has 1 aliphatic rings. The van der Waals surface area contributed by atoms with Gasteiger partial charge in [-0.25, -0.2) is 4.79 Å². The van der Waals surface area contributed by atoms with Crippen molar-refractivity contribution in [2.45, 2.75) is 38.8 Å². The predicted molar refractivity (Wildman–Crippen MR) is 99.3 cm³/mol. The molecule has 150 valence electrons. The summed E-state index contributed by atoms with van der Waals surface area (Å²) in [6.45, 7) is 2.54. The first-order valence-electron chi connectivity index (χ1n) is 9.15. The summed E-state index contributed by atoms with van der Waals surface area (Å²) in [6, 6.07) is 6.54. The average Bonchev–Trinajstić information content (AvgIpc) is 3.20. The normalized spacial score (nSPS) is 16.5. The number of carbonyl (C=O) groups is 2. The highest BCUT2D eigenvalue weighted by atomic mass is 16.5.